The summed E-state index contributed by atoms with van der Waals surface area (Å²) in [6.45, 7) is 11.4. The Hall–Kier alpha value is -3.67. The van der Waals surface area contributed by atoms with Crippen molar-refractivity contribution in [2.75, 3.05) is 0 Å². The second kappa shape index (κ2) is 9.45. The monoisotopic (exact) mass is 441 g/mol. The maximum Gasteiger partial charge on any atom is 0.329 e. The van der Waals surface area contributed by atoms with Crippen LogP contribution in [0.2, 0.25) is 0 Å². The predicted octanol–water partition coefficient (Wildman–Crippen LogP) is 5.85. The van der Waals surface area contributed by atoms with Gasteiger partial charge in [-0.25, -0.2) is 4.79 Å². The van der Waals surface area contributed by atoms with E-state index in [0.29, 0.717) is 13.1 Å². The lowest BCUT2D eigenvalue weighted by atomic mass is 9.99. The fourth-order valence-electron chi connectivity index (χ4n) is 4.40. The first-order valence-electron chi connectivity index (χ1n) is 11.5. The molecule has 0 amide bonds. The van der Waals surface area contributed by atoms with E-state index in [1.165, 1.54) is 5.56 Å². The van der Waals surface area contributed by atoms with Gasteiger partial charge in [-0.05, 0) is 64.5 Å². The van der Waals surface area contributed by atoms with Gasteiger partial charge in [-0.3, -0.25) is 18.8 Å². The Morgan fingerprint density at radius 3 is 2.48 bits per heavy atom. The molecule has 0 aliphatic rings. The second-order valence-corrected chi connectivity index (χ2v) is 8.18. The quantitative estimate of drug-likeness (QED) is 0.338. The molecule has 0 saturated carbocycles. The molecule has 1 unspecified atom stereocenters. The molecule has 1 atom stereocenters. The van der Waals surface area contributed by atoms with Crippen molar-refractivity contribution in [1.82, 2.24) is 18.9 Å². The molecular formula is C27H31N5O. The van der Waals surface area contributed by atoms with Crippen molar-refractivity contribution in [2.45, 2.75) is 53.8 Å². The smallest absolute Gasteiger partial charge is 0.292 e. The third-order valence-corrected chi connectivity index (χ3v) is 6.03. The Kier molecular flexibility index (Phi) is 6.45. The maximum absolute atomic E-state index is 12.8. The third-order valence-electron chi connectivity index (χ3n) is 6.03. The fraction of sp³-hybridized carbons (Fsp3) is 0.296. The molecule has 0 radical (unpaired) electrons. The van der Waals surface area contributed by atoms with E-state index in [9.17, 15) is 4.79 Å². The molecule has 0 bridgehead atoms. The molecule has 2 aromatic heterocycles. The number of nitrogens with zero attached hydrogens (tertiary/aromatic N) is 5. The Balaban J connectivity index is 1.94. The van der Waals surface area contributed by atoms with Crippen LogP contribution in [0.25, 0.3) is 33.4 Å². The number of aliphatic imine (C=N–C) groups is 1. The van der Waals surface area contributed by atoms with Gasteiger partial charge in [0.05, 0.1) is 29.0 Å². The number of aryl methyl sites for hydroxylation is 3. The number of benzene rings is 2. The lowest BCUT2D eigenvalue weighted by molar-refractivity contribution is 0.587. The largest absolute Gasteiger partial charge is 0.329 e. The molecule has 0 saturated heterocycles. The number of hydrogen-bond donors (Lipinski definition) is 0. The van der Waals surface area contributed by atoms with Crippen molar-refractivity contribution < 1.29 is 0 Å². The summed E-state index contributed by atoms with van der Waals surface area (Å²) in [5, 5.41) is 4.78. The number of aromatic nitrogens is 4. The van der Waals surface area contributed by atoms with Crippen molar-refractivity contribution in [3.05, 3.63) is 77.0 Å². The van der Waals surface area contributed by atoms with Gasteiger partial charge in [0.2, 0.25) is 0 Å². The summed E-state index contributed by atoms with van der Waals surface area (Å²) in [5.41, 5.74) is 7.40. The standard InChI is InChI=1S/C27H31N5O/c1-6-28-15-14-20(5)32-26(22-11-9-10-19(4)16-22)23(18-29-32)21-12-13-24-25(17-21)31(8-3)27(33)30(24)7-2/h6,9-18,20H,7-8H2,1-5H3/b15-14-,28-6?. The Morgan fingerprint density at radius 1 is 1.03 bits per heavy atom. The van der Waals surface area contributed by atoms with E-state index in [-0.39, 0.29) is 11.7 Å². The molecule has 0 aliphatic heterocycles. The number of imidazole rings is 1. The van der Waals surface area contributed by atoms with Crippen molar-refractivity contribution >= 4 is 17.2 Å². The number of allylic oxidation sites excluding steroid dienone is 1. The minimum Gasteiger partial charge on any atom is -0.292 e. The zero-order valence-corrected chi connectivity index (χ0v) is 20.0. The van der Waals surface area contributed by atoms with Gasteiger partial charge in [-0.15, -0.1) is 0 Å². The second-order valence-electron chi connectivity index (χ2n) is 8.18. The molecule has 6 nitrogen and oxygen atoms in total. The summed E-state index contributed by atoms with van der Waals surface area (Å²) >= 11 is 0. The van der Waals surface area contributed by atoms with Gasteiger partial charge >= 0.3 is 5.69 Å². The van der Waals surface area contributed by atoms with Gasteiger partial charge in [0, 0.05) is 36.6 Å². The van der Waals surface area contributed by atoms with Crippen LogP contribution < -0.4 is 5.69 Å². The van der Waals surface area contributed by atoms with Crippen molar-refractivity contribution in [2.24, 2.45) is 4.99 Å². The highest BCUT2D eigenvalue weighted by atomic mass is 16.1. The highest BCUT2D eigenvalue weighted by molar-refractivity contribution is 5.87. The Labute approximate surface area is 194 Å². The van der Waals surface area contributed by atoms with Crippen LogP contribution in [0.3, 0.4) is 0 Å². The molecule has 6 heteroatoms. The zero-order chi connectivity index (χ0) is 23.5. The summed E-state index contributed by atoms with van der Waals surface area (Å²) in [6, 6.07) is 14.8. The first-order chi connectivity index (χ1) is 16.0. The van der Waals surface area contributed by atoms with Crippen LogP contribution in [0.4, 0.5) is 0 Å². The number of rotatable bonds is 7. The van der Waals surface area contributed by atoms with E-state index in [1.54, 1.807) is 6.21 Å². The molecule has 0 spiro atoms. The molecule has 4 rings (SSSR count). The minimum absolute atomic E-state index is 0.0247. The van der Waals surface area contributed by atoms with Crippen LogP contribution >= 0.6 is 0 Å². The normalized spacial score (nSPS) is 13.0. The van der Waals surface area contributed by atoms with Gasteiger partial charge in [-0.1, -0.05) is 29.8 Å². The van der Waals surface area contributed by atoms with E-state index in [4.69, 9.17) is 5.10 Å². The van der Waals surface area contributed by atoms with E-state index >= 15 is 0 Å². The summed E-state index contributed by atoms with van der Waals surface area (Å²) in [4.78, 5) is 17.0. The SMILES string of the molecule is CC=N/C=C\C(C)n1ncc(-c2ccc3c(c2)n(CC)c(=O)n3CC)c1-c1cccc(C)c1. The molecule has 0 N–H and O–H groups in total. The Bertz CT molecular complexity index is 1400. The molecule has 0 fully saturated rings. The van der Waals surface area contributed by atoms with Crippen LogP contribution in [0.5, 0.6) is 0 Å². The Morgan fingerprint density at radius 2 is 1.79 bits per heavy atom. The average molecular weight is 442 g/mol. The van der Waals surface area contributed by atoms with Crippen LogP contribution in [0.1, 0.15) is 39.3 Å². The lowest BCUT2D eigenvalue weighted by Gasteiger charge is -2.15. The van der Waals surface area contributed by atoms with Crippen molar-refractivity contribution in [3.63, 3.8) is 0 Å². The van der Waals surface area contributed by atoms with E-state index in [2.05, 4.69) is 61.3 Å². The topological polar surface area (TPSA) is 57.1 Å². The maximum atomic E-state index is 12.8. The summed E-state index contributed by atoms with van der Waals surface area (Å²) in [6.07, 6.45) is 7.54. The van der Waals surface area contributed by atoms with Gasteiger partial charge in [0.1, 0.15) is 0 Å². The molecule has 0 aliphatic carbocycles. The fourth-order valence-corrected chi connectivity index (χ4v) is 4.40. The molecule has 2 aromatic carbocycles. The molecule has 170 valence electrons. The highest BCUT2D eigenvalue weighted by Crippen LogP contribution is 2.35. The van der Waals surface area contributed by atoms with Gasteiger partial charge in [-0.2, -0.15) is 5.10 Å². The van der Waals surface area contributed by atoms with Crippen LogP contribution in [-0.4, -0.2) is 25.1 Å². The minimum atomic E-state index is 0.0247. The first kappa shape index (κ1) is 22.5. The van der Waals surface area contributed by atoms with Gasteiger partial charge in [0.25, 0.3) is 0 Å². The summed E-state index contributed by atoms with van der Waals surface area (Å²) in [7, 11) is 0. The van der Waals surface area contributed by atoms with Crippen molar-refractivity contribution in [1.29, 1.82) is 0 Å². The van der Waals surface area contributed by atoms with Gasteiger partial charge in [0.15, 0.2) is 0 Å². The number of fused-ring (bicyclic) bond motifs is 1. The molecule has 4 aromatic rings. The molecule has 33 heavy (non-hydrogen) atoms. The van der Waals surface area contributed by atoms with Gasteiger partial charge < -0.3 is 0 Å². The predicted molar refractivity (Wildman–Crippen MR) is 137 cm³/mol. The summed E-state index contributed by atoms with van der Waals surface area (Å²) in [5.74, 6) is 0. The van der Waals surface area contributed by atoms with Crippen LogP contribution in [0.15, 0.2) is 70.7 Å². The number of hydrogen-bond acceptors (Lipinski definition) is 3. The summed E-state index contributed by atoms with van der Waals surface area (Å²) < 4.78 is 5.71. The first-order valence-corrected chi connectivity index (χ1v) is 11.5. The van der Waals surface area contributed by atoms with E-state index in [0.717, 1.165) is 33.4 Å². The van der Waals surface area contributed by atoms with Crippen molar-refractivity contribution in [3.8, 4) is 22.4 Å². The molecule has 2 heterocycles. The van der Waals surface area contributed by atoms with Crippen LogP contribution in [-0.2, 0) is 13.1 Å². The average Bonchev–Trinajstić information content (AvgIpc) is 3.37. The van der Waals surface area contributed by atoms with E-state index < -0.39 is 0 Å². The van der Waals surface area contributed by atoms with E-state index in [1.807, 2.05) is 53.1 Å². The highest BCUT2D eigenvalue weighted by Gasteiger charge is 2.19. The zero-order valence-electron chi connectivity index (χ0n) is 20.0. The lowest BCUT2D eigenvalue weighted by Crippen LogP contribution is -2.22. The third kappa shape index (κ3) is 4.09. The van der Waals surface area contributed by atoms with Crippen LogP contribution in [0, 0.1) is 6.92 Å². The molecular weight excluding hydrogens is 410 g/mol.